The summed E-state index contributed by atoms with van der Waals surface area (Å²) in [4.78, 5) is 2.17. The molecule has 1 aliphatic rings. The van der Waals surface area contributed by atoms with Gasteiger partial charge in [-0.2, -0.15) is 0 Å². The van der Waals surface area contributed by atoms with Crippen LogP contribution in [0.15, 0.2) is 0 Å². The Balaban J connectivity index is 2.39. The molecule has 0 spiro atoms. The molecule has 0 saturated carbocycles. The van der Waals surface area contributed by atoms with E-state index in [0.717, 1.165) is 25.9 Å². The van der Waals surface area contributed by atoms with E-state index in [1.165, 1.54) is 0 Å². The zero-order valence-corrected chi connectivity index (χ0v) is 7.39. The highest BCUT2D eigenvalue weighted by molar-refractivity contribution is 5.81. The summed E-state index contributed by atoms with van der Waals surface area (Å²) in [6.45, 7) is 1.83. The fourth-order valence-electron chi connectivity index (χ4n) is 1.58. The molecule has 0 aliphatic carbocycles. The normalized spacial score (nSPS) is 23.8. The highest BCUT2D eigenvalue weighted by Gasteiger charge is 2.26. The minimum atomic E-state index is -1.22. The molecule has 12 heavy (non-hydrogen) atoms. The van der Waals surface area contributed by atoms with Crippen LogP contribution in [-0.4, -0.2) is 37.0 Å². The van der Waals surface area contributed by atoms with E-state index in [0.29, 0.717) is 0 Å². The molecular weight excluding hydrogens is 157 g/mol. The van der Waals surface area contributed by atoms with E-state index >= 15 is 0 Å². The number of likely N-dealkylation sites (tertiary alicyclic amines) is 1. The first kappa shape index (κ1) is 9.45. The summed E-state index contributed by atoms with van der Waals surface area (Å²) < 4.78 is 13.2. The number of nitrogens with two attached hydrogens (primary N) is 1. The van der Waals surface area contributed by atoms with Crippen LogP contribution in [0.25, 0.3) is 0 Å². The van der Waals surface area contributed by atoms with Gasteiger partial charge in [-0.05, 0) is 38.9 Å². The maximum atomic E-state index is 13.2. The van der Waals surface area contributed by atoms with Crippen LogP contribution in [0.4, 0.5) is 4.39 Å². The Morgan fingerprint density at radius 3 is 2.50 bits per heavy atom. The number of hydrogen-bond donors (Lipinski definition) is 2. The minimum Gasteiger partial charge on any atom is -0.385 e. The Kier molecular flexibility index (Phi) is 3.03. The van der Waals surface area contributed by atoms with Gasteiger partial charge < -0.3 is 10.6 Å². The van der Waals surface area contributed by atoms with Gasteiger partial charge in [0, 0.05) is 0 Å². The van der Waals surface area contributed by atoms with Gasteiger partial charge in [0.2, 0.25) is 0 Å². The van der Waals surface area contributed by atoms with Crippen molar-refractivity contribution in [2.24, 2.45) is 11.7 Å². The maximum absolute atomic E-state index is 13.2. The first-order valence-corrected chi connectivity index (χ1v) is 4.28. The molecule has 0 amide bonds. The van der Waals surface area contributed by atoms with Crippen LogP contribution < -0.4 is 5.73 Å². The molecule has 0 radical (unpaired) electrons. The van der Waals surface area contributed by atoms with Crippen molar-refractivity contribution in [1.29, 1.82) is 5.41 Å². The van der Waals surface area contributed by atoms with Crippen molar-refractivity contribution >= 4 is 5.84 Å². The van der Waals surface area contributed by atoms with E-state index in [2.05, 4.69) is 4.90 Å². The van der Waals surface area contributed by atoms with Crippen LogP contribution in [0.3, 0.4) is 0 Å². The van der Waals surface area contributed by atoms with Crippen LogP contribution in [0.5, 0.6) is 0 Å². The number of alkyl halides is 1. The molecule has 0 aromatic heterocycles. The number of hydrogen-bond acceptors (Lipinski definition) is 2. The zero-order chi connectivity index (χ0) is 9.14. The first-order chi connectivity index (χ1) is 5.61. The Bertz CT molecular complexity index is 164. The SMILES string of the molecule is CN1CCC(C(F)C(=N)N)CC1. The molecule has 0 aromatic rings. The molecular formula is C8H16FN3. The maximum Gasteiger partial charge on any atom is 0.159 e. The van der Waals surface area contributed by atoms with Gasteiger partial charge in [0.25, 0.3) is 0 Å². The summed E-state index contributed by atoms with van der Waals surface area (Å²) in [6, 6.07) is 0. The topological polar surface area (TPSA) is 53.1 Å². The van der Waals surface area contributed by atoms with Crippen molar-refractivity contribution in [3.63, 3.8) is 0 Å². The van der Waals surface area contributed by atoms with E-state index in [-0.39, 0.29) is 11.8 Å². The van der Waals surface area contributed by atoms with Crippen LogP contribution >= 0.6 is 0 Å². The summed E-state index contributed by atoms with van der Waals surface area (Å²) in [5.41, 5.74) is 5.10. The smallest absolute Gasteiger partial charge is 0.159 e. The summed E-state index contributed by atoms with van der Waals surface area (Å²) in [7, 11) is 2.03. The second kappa shape index (κ2) is 3.85. The summed E-state index contributed by atoms with van der Waals surface area (Å²) in [5, 5.41) is 6.98. The summed E-state index contributed by atoms with van der Waals surface area (Å²) in [6.07, 6.45) is 0.410. The van der Waals surface area contributed by atoms with Crippen molar-refractivity contribution in [1.82, 2.24) is 4.90 Å². The molecule has 4 heteroatoms. The van der Waals surface area contributed by atoms with Crippen LogP contribution in [-0.2, 0) is 0 Å². The Labute approximate surface area is 72.2 Å². The second-order valence-electron chi connectivity index (χ2n) is 3.50. The average molecular weight is 173 g/mol. The lowest BCUT2D eigenvalue weighted by molar-refractivity contribution is 0.169. The van der Waals surface area contributed by atoms with Crippen molar-refractivity contribution in [3.8, 4) is 0 Å². The standard InChI is InChI=1S/C8H16FN3/c1-12-4-2-6(3-5-12)7(9)8(10)11/h6-7H,2-5H2,1H3,(H3,10,11). The number of nitrogens with zero attached hydrogens (tertiary/aromatic N) is 1. The van der Waals surface area contributed by atoms with Crippen molar-refractivity contribution < 1.29 is 4.39 Å². The molecule has 1 rings (SSSR count). The monoisotopic (exact) mass is 173 g/mol. The third kappa shape index (κ3) is 2.17. The number of amidine groups is 1. The van der Waals surface area contributed by atoms with E-state index in [1.54, 1.807) is 0 Å². The lowest BCUT2D eigenvalue weighted by Crippen LogP contribution is -2.39. The summed E-state index contributed by atoms with van der Waals surface area (Å²) >= 11 is 0. The highest BCUT2D eigenvalue weighted by Crippen LogP contribution is 2.21. The first-order valence-electron chi connectivity index (χ1n) is 4.28. The predicted octanol–water partition coefficient (Wildman–Crippen LogP) is 0.602. The molecule has 1 atom stereocenters. The zero-order valence-electron chi connectivity index (χ0n) is 7.39. The lowest BCUT2D eigenvalue weighted by Gasteiger charge is -2.30. The van der Waals surface area contributed by atoms with Crippen LogP contribution in [0, 0.1) is 11.3 Å². The Hall–Kier alpha value is -0.640. The minimum absolute atomic E-state index is 0.0290. The average Bonchev–Trinajstić information content (AvgIpc) is 2.04. The van der Waals surface area contributed by atoms with Crippen LogP contribution in [0.1, 0.15) is 12.8 Å². The highest BCUT2D eigenvalue weighted by atomic mass is 19.1. The van der Waals surface area contributed by atoms with Gasteiger partial charge >= 0.3 is 0 Å². The van der Waals surface area contributed by atoms with Crippen molar-refractivity contribution in [2.75, 3.05) is 20.1 Å². The van der Waals surface area contributed by atoms with Gasteiger partial charge in [0.1, 0.15) is 5.84 Å². The van der Waals surface area contributed by atoms with E-state index in [9.17, 15) is 4.39 Å². The summed E-state index contributed by atoms with van der Waals surface area (Å²) in [5.74, 6) is -0.344. The van der Waals surface area contributed by atoms with E-state index < -0.39 is 6.17 Å². The molecule has 3 nitrogen and oxygen atoms in total. The van der Waals surface area contributed by atoms with Gasteiger partial charge in [0.15, 0.2) is 6.17 Å². The number of piperidine rings is 1. The third-order valence-electron chi connectivity index (χ3n) is 2.47. The molecule has 0 bridgehead atoms. The van der Waals surface area contributed by atoms with Gasteiger partial charge in [-0.25, -0.2) is 4.39 Å². The lowest BCUT2D eigenvalue weighted by atomic mass is 9.92. The van der Waals surface area contributed by atoms with Crippen molar-refractivity contribution in [3.05, 3.63) is 0 Å². The number of nitrogens with one attached hydrogen (secondary N) is 1. The fraction of sp³-hybridized carbons (Fsp3) is 0.875. The predicted molar refractivity (Wildman–Crippen MR) is 47.0 cm³/mol. The second-order valence-corrected chi connectivity index (χ2v) is 3.50. The fourth-order valence-corrected chi connectivity index (χ4v) is 1.58. The van der Waals surface area contributed by atoms with Gasteiger partial charge in [0.05, 0.1) is 0 Å². The van der Waals surface area contributed by atoms with Gasteiger partial charge in [-0.1, -0.05) is 0 Å². The molecule has 3 N–H and O–H groups in total. The van der Waals surface area contributed by atoms with Crippen LogP contribution in [0.2, 0.25) is 0 Å². The third-order valence-corrected chi connectivity index (χ3v) is 2.47. The molecule has 1 aliphatic heterocycles. The van der Waals surface area contributed by atoms with E-state index in [4.69, 9.17) is 11.1 Å². The Morgan fingerprint density at radius 1 is 1.58 bits per heavy atom. The molecule has 70 valence electrons. The molecule has 1 fully saturated rings. The molecule has 1 saturated heterocycles. The quantitative estimate of drug-likeness (QED) is 0.474. The number of rotatable bonds is 2. The largest absolute Gasteiger partial charge is 0.385 e. The Morgan fingerprint density at radius 2 is 2.08 bits per heavy atom. The molecule has 1 heterocycles. The van der Waals surface area contributed by atoms with Gasteiger partial charge in [-0.15, -0.1) is 0 Å². The molecule has 1 unspecified atom stereocenters. The number of halogens is 1. The molecule has 0 aromatic carbocycles. The van der Waals surface area contributed by atoms with Crippen molar-refractivity contribution in [2.45, 2.75) is 19.0 Å². The van der Waals surface area contributed by atoms with E-state index in [1.807, 2.05) is 7.05 Å². The van der Waals surface area contributed by atoms with Gasteiger partial charge in [-0.3, -0.25) is 5.41 Å².